The molecule has 0 aliphatic rings. The van der Waals surface area contributed by atoms with Crippen molar-refractivity contribution in [3.8, 4) is 5.69 Å². The minimum atomic E-state index is 0.0372. The average Bonchev–Trinajstić information content (AvgIpc) is 2.89. The first-order chi connectivity index (χ1) is 9.21. The summed E-state index contributed by atoms with van der Waals surface area (Å²) < 4.78 is 1.95. The predicted molar refractivity (Wildman–Crippen MR) is 77.3 cm³/mol. The Kier molecular flexibility index (Phi) is 4.32. The Balaban J connectivity index is 2.55. The first-order valence-corrected chi connectivity index (χ1v) is 7.00. The summed E-state index contributed by atoms with van der Waals surface area (Å²) in [4.78, 5) is 4.56. The Morgan fingerprint density at radius 1 is 1.16 bits per heavy atom. The van der Waals surface area contributed by atoms with Gasteiger partial charge in [0.1, 0.15) is 5.82 Å². The van der Waals surface area contributed by atoms with Gasteiger partial charge in [-0.15, -0.1) is 0 Å². The molecule has 2 rings (SSSR count). The Morgan fingerprint density at radius 2 is 1.89 bits per heavy atom. The van der Waals surface area contributed by atoms with Crippen molar-refractivity contribution >= 4 is 0 Å². The van der Waals surface area contributed by atoms with Gasteiger partial charge in [0.25, 0.3) is 0 Å². The monoisotopic (exact) mass is 258 g/mol. The normalized spacial score (nSPS) is 12.6. The van der Waals surface area contributed by atoms with Crippen molar-refractivity contribution in [2.45, 2.75) is 46.1 Å². The molecule has 0 fully saturated rings. The second kappa shape index (κ2) is 5.97. The average molecular weight is 258 g/mol. The number of nitrogens with two attached hydrogens (primary N) is 1. The van der Waals surface area contributed by atoms with Crippen LogP contribution in [0.1, 0.15) is 50.4 Å². The van der Waals surface area contributed by atoms with E-state index in [-0.39, 0.29) is 6.04 Å². The number of rotatable bonds is 5. The van der Waals surface area contributed by atoms with Gasteiger partial charge in [-0.05, 0) is 18.1 Å². The van der Waals surface area contributed by atoms with Crippen LogP contribution < -0.4 is 5.73 Å². The van der Waals surface area contributed by atoms with Gasteiger partial charge in [-0.1, -0.05) is 39.0 Å². The largest absolute Gasteiger partial charge is 0.324 e. The maximum Gasteiger partial charge on any atom is 0.151 e. The molecule has 0 bridgehead atoms. The van der Waals surface area contributed by atoms with Crippen molar-refractivity contribution in [1.82, 2.24) is 14.8 Å². The third-order valence-electron chi connectivity index (χ3n) is 3.35. The highest BCUT2D eigenvalue weighted by Gasteiger charge is 2.15. The lowest BCUT2D eigenvalue weighted by atomic mass is 10.0. The summed E-state index contributed by atoms with van der Waals surface area (Å²) in [6.07, 6.45) is 2.62. The molecule has 4 nitrogen and oxygen atoms in total. The fourth-order valence-corrected chi connectivity index (χ4v) is 2.18. The molecule has 4 heteroatoms. The number of aromatic nitrogens is 3. The number of para-hydroxylation sites is 1. The van der Waals surface area contributed by atoms with Crippen LogP contribution in [0.25, 0.3) is 5.69 Å². The summed E-state index contributed by atoms with van der Waals surface area (Å²) in [5.74, 6) is 1.88. The first-order valence-electron chi connectivity index (χ1n) is 7.00. The molecule has 102 valence electrons. The van der Waals surface area contributed by atoms with Crippen LogP contribution >= 0.6 is 0 Å². The van der Waals surface area contributed by atoms with E-state index in [2.05, 4.69) is 43.0 Å². The first kappa shape index (κ1) is 13.7. The molecule has 0 aliphatic carbocycles. The van der Waals surface area contributed by atoms with Crippen molar-refractivity contribution in [3.63, 3.8) is 0 Å². The fraction of sp³-hybridized carbons (Fsp3) is 0.467. The van der Waals surface area contributed by atoms with Crippen LogP contribution in [0.2, 0.25) is 0 Å². The molecule has 0 unspecified atom stereocenters. The number of hydrogen-bond acceptors (Lipinski definition) is 3. The minimum absolute atomic E-state index is 0.0372. The highest BCUT2D eigenvalue weighted by molar-refractivity contribution is 5.42. The summed E-state index contributed by atoms with van der Waals surface area (Å²) in [7, 11) is 0. The molecule has 0 radical (unpaired) electrons. The standard InChI is InChI=1S/C15H22N4/c1-4-12(16)11-9-7-8-10-13(11)19-15(6-3)17-14(5-2)18-19/h7-10,12H,4-6,16H2,1-3H3/t12-/m0/s1. The van der Waals surface area contributed by atoms with Gasteiger partial charge in [0.05, 0.1) is 5.69 Å². The number of nitrogens with zero attached hydrogens (tertiary/aromatic N) is 3. The maximum atomic E-state index is 6.20. The van der Waals surface area contributed by atoms with E-state index in [1.807, 2.05) is 16.8 Å². The molecule has 19 heavy (non-hydrogen) atoms. The van der Waals surface area contributed by atoms with Crippen molar-refractivity contribution in [2.75, 3.05) is 0 Å². The van der Waals surface area contributed by atoms with E-state index in [1.54, 1.807) is 0 Å². The molecule has 0 aliphatic heterocycles. The zero-order valence-electron chi connectivity index (χ0n) is 11.9. The second-order valence-corrected chi connectivity index (χ2v) is 4.64. The summed E-state index contributed by atoms with van der Waals surface area (Å²) in [6, 6.07) is 8.23. The summed E-state index contributed by atoms with van der Waals surface area (Å²) >= 11 is 0. The van der Waals surface area contributed by atoms with Gasteiger partial charge in [0.15, 0.2) is 5.82 Å². The molecule has 1 heterocycles. The molecule has 0 spiro atoms. The topological polar surface area (TPSA) is 56.7 Å². The van der Waals surface area contributed by atoms with Crippen LogP contribution in [0.5, 0.6) is 0 Å². The molecule has 1 aromatic heterocycles. The van der Waals surface area contributed by atoms with E-state index in [4.69, 9.17) is 5.73 Å². The van der Waals surface area contributed by atoms with Crippen molar-refractivity contribution in [1.29, 1.82) is 0 Å². The molecule has 2 N–H and O–H groups in total. The van der Waals surface area contributed by atoms with E-state index < -0.39 is 0 Å². The van der Waals surface area contributed by atoms with Crippen LogP contribution in [-0.4, -0.2) is 14.8 Å². The molecule has 0 amide bonds. The van der Waals surface area contributed by atoms with Gasteiger partial charge >= 0.3 is 0 Å². The zero-order valence-corrected chi connectivity index (χ0v) is 11.9. The molecular weight excluding hydrogens is 236 g/mol. The highest BCUT2D eigenvalue weighted by atomic mass is 15.4. The third kappa shape index (κ3) is 2.68. The maximum absolute atomic E-state index is 6.20. The second-order valence-electron chi connectivity index (χ2n) is 4.64. The Hall–Kier alpha value is -1.68. The molecule has 2 aromatic rings. The zero-order chi connectivity index (χ0) is 13.8. The van der Waals surface area contributed by atoms with E-state index in [0.29, 0.717) is 0 Å². The van der Waals surface area contributed by atoms with Gasteiger partial charge < -0.3 is 5.73 Å². The van der Waals surface area contributed by atoms with Crippen molar-refractivity contribution < 1.29 is 0 Å². The van der Waals surface area contributed by atoms with Crippen LogP contribution in [0.4, 0.5) is 0 Å². The lowest BCUT2D eigenvalue weighted by molar-refractivity contribution is 0.679. The number of hydrogen-bond donors (Lipinski definition) is 1. The number of benzene rings is 1. The van der Waals surface area contributed by atoms with Crippen LogP contribution in [0.3, 0.4) is 0 Å². The van der Waals surface area contributed by atoms with E-state index >= 15 is 0 Å². The van der Waals surface area contributed by atoms with Crippen molar-refractivity contribution in [3.05, 3.63) is 41.5 Å². The van der Waals surface area contributed by atoms with E-state index in [9.17, 15) is 0 Å². The summed E-state index contributed by atoms with van der Waals surface area (Å²) in [5, 5.41) is 4.60. The Morgan fingerprint density at radius 3 is 2.53 bits per heavy atom. The summed E-state index contributed by atoms with van der Waals surface area (Å²) in [5.41, 5.74) is 8.39. The van der Waals surface area contributed by atoms with Gasteiger partial charge in [-0.2, -0.15) is 5.10 Å². The fourth-order valence-electron chi connectivity index (χ4n) is 2.18. The lowest BCUT2D eigenvalue weighted by Gasteiger charge is -2.15. The van der Waals surface area contributed by atoms with Crippen LogP contribution in [0, 0.1) is 0 Å². The Bertz CT molecular complexity index is 545. The smallest absolute Gasteiger partial charge is 0.151 e. The highest BCUT2D eigenvalue weighted by Crippen LogP contribution is 2.23. The van der Waals surface area contributed by atoms with Crippen molar-refractivity contribution in [2.24, 2.45) is 5.73 Å². The number of aryl methyl sites for hydroxylation is 2. The van der Waals surface area contributed by atoms with Gasteiger partial charge in [-0.3, -0.25) is 0 Å². The quantitative estimate of drug-likeness (QED) is 0.897. The van der Waals surface area contributed by atoms with Crippen LogP contribution in [0.15, 0.2) is 24.3 Å². The third-order valence-corrected chi connectivity index (χ3v) is 3.35. The molecule has 0 saturated heterocycles. The summed E-state index contributed by atoms with van der Waals surface area (Å²) in [6.45, 7) is 6.27. The van der Waals surface area contributed by atoms with Gasteiger partial charge in [-0.25, -0.2) is 9.67 Å². The lowest BCUT2D eigenvalue weighted by Crippen LogP contribution is -2.14. The molecule has 1 aromatic carbocycles. The molecule has 1 atom stereocenters. The van der Waals surface area contributed by atoms with E-state index in [1.165, 1.54) is 0 Å². The minimum Gasteiger partial charge on any atom is -0.324 e. The van der Waals surface area contributed by atoms with E-state index in [0.717, 1.165) is 42.2 Å². The van der Waals surface area contributed by atoms with Crippen LogP contribution in [-0.2, 0) is 12.8 Å². The Labute approximate surface area is 114 Å². The van der Waals surface area contributed by atoms with Gasteiger partial charge in [0, 0.05) is 18.9 Å². The predicted octanol–water partition coefficient (Wildman–Crippen LogP) is 2.80. The van der Waals surface area contributed by atoms with Gasteiger partial charge in [0.2, 0.25) is 0 Å². The molecular formula is C15H22N4. The molecule has 0 saturated carbocycles. The SMILES string of the molecule is CCc1nc(CC)n(-c2ccccc2[C@@H](N)CC)n1.